The van der Waals surface area contributed by atoms with Gasteiger partial charge in [0.25, 0.3) is 0 Å². The lowest BCUT2D eigenvalue weighted by atomic mass is 10.2. The van der Waals surface area contributed by atoms with Crippen molar-refractivity contribution in [2.75, 3.05) is 7.05 Å². The molecule has 0 amide bonds. The molecule has 1 aliphatic carbocycles. The van der Waals surface area contributed by atoms with E-state index >= 15 is 0 Å². The molecule has 0 saturated heterocycles. The van der Waals surface area contributed by atoms with Gasteiger partial charge in [-0.2, -0.15) is 0 Å². The van der Waals surface area contributed by atoms with Gasteiger partial charge >= 0.3 is 0 Å². The molecule has 0 bridgehead atoms. The summed E-state index contributed by atoms with van der Waals surface area (Å²) in [6.45, 7) is 1.14. The molecule has 5 nitrogen and oxygen atoms in total. The monoisotopic (exact) mass is 466 g/mol. The van der Waals surface area contributed by atoms with E-state index < -0.39 is 0 Å². The van der Waals surface area contributed by atoms with Crippen LogP contribution in [0.2, 0.25) is 0 Å². The normalized spacial score (nSPS) is 14.6. The van der Waals surface area contributed by atoms with Crippen molar-refractivity contribution in [1.29, 1.82) is 0 Å². The van der Waals surface area contributed by atoms with Gasteiger partial charge in [-0.3, -0.25) is 4.99 Å². The Morgan fingerprint density at radius 1 is 1.15 bits per heavy atom. The fraction of sp³-hybridized carbons (Fsp3) is 0.400. The molecule has 0 radical (unpaired) electrons. The van der Waals surface area contributed by atoms with Gasteiger partial charge in [0.2, 0.25) is 5.88 Å². The molecule has 6 heteroatoms. The molecule has 26 heavy (non-hydrogen) atoms. The Morgan fingerprint density at radius 2 is 1.92 bits per heavy atom. The molecule has 1 heterocycles. The van der Waals surface area contributed by atoms with E-state index in [1.807, 2.05) is 42.5 Å². The van der Waals surface area contributed by atoms with E-state index in [4.69, 9.17) is 4.74 Å². The predicted octanol–water partition coefficient (Wildman–Crippen LogP) is 3.89. The van der Waals surface area contributed by atoms with E-state index in [1.165, 1.54) is 25.7 Å². The van der Waals surface area contributed by atoms with Crippen LogP contribution in [0, 0.1) is 0 Å². The lowest BCUT2D eigenvalue weighted by Gasteiger charge is -2.17. The van der Waals surface area contributed by atoms with Gasteiger partial charge in [-0.25, -0.2) is 4.98 Å². The molecule has 1 aromatic carbocycles. The summed E-state index contributed by atoms with van der Waals surface area (Å²) >= 11 is 0. The Morgan fingerprint density at radius 3 is 2.65 bits per heavy atom. The molecular weight excluding hydrogens is 439 g/mol. The van der Waals surface area contributed by atoms with Gasteiger partial charge < -0.3 is 15.4 Å². The van der Waals surface area contributed by atoms with Crippen LogP contribution in [0.1, 0.15) is 36.8 Å². The van der Waals surface area contributed by atoms with Crippen LogP contribution in [-0.2, 0) is 13.2 Å². The third-order valence-electron chi connectivity index (χ3n) is 4.43. The molecule has 1 fully saturated rings. The highest BCUT2D eigenvalue weighted by Crippen LogP contribution is 2.18. The lowest BCUT2D eigenvalue weighted by Crippen LogP contribution is -2.42. The first-order valence-electron chi connectivity index (χ1n) is 8.93. The first kappa shape index (κ1) is 20.5. The SMILES string of the molecule is CN=C(NCc1cccnc1OCc1ccccc1)NC1CCCC1.I. The third-order valence-corrected chi connectivity index (χ3v) is 4.43. The van der Waals surface area contributed by atoms with Crippen LogP contribution in [0.25, 0.3) is 0 Å². The number of aliphatic imine (C=N–C) groups is 1. The molecule has 0 unspecified atom stereocenters. The number of guanidine groups is 1. The maximum absolute atomic E-state index is 5.91. The highest BCUT2D eigenvalue weighted by Gasteiger charge is 2.16. The zero-order valence-electron chi connectivity index (χ0n) is 15.1. The molecule has 2 N–H and O–H groups in total. The van der Waals surface area contributed by atoms with Gasteiger partial charge in [0.05, 0.1) is 0 Å². The summed E-state index contributed by atoms with van der Waals surface area (Å²) < 4.78 is 5.91. The minimum Gasteiger partial charge on any atom is -0.473 e. The van der Waals surface area contributed by atoms with Gasteiger partial charge in [-0.15, -0.1) is 24.0 Å². The molecule has 1 saturated carbocycles. The average molecular weight is 466 g/mol. The summed E-state index contributed by atoms with van der Waals surface area (Å²) in [7, 11) is 1.81. The van der Waals surface area contributed by atoms with Crippen LogP contribution in [0.5, 0.6) is 5.88 Å². The highest BCUT2D eigenvalue weighted by molar-refractivity contribution is 14.0. The van der Waals surface area contributed by atoms with Gasteiger partial charge in [0.15, 0.2) is 5.96 Å². The van der Waals surface area contributed by atoms with Gasteiger partial charge in [0.1, 0.15) is 6.61 Å². The largest absolute Gasteiger partial charge is 0.473 e. The molecule has 3 rings (SSSR count). The summed E-state index contributed by atoms with van der Waals surface area (Å²) in [4.78, 5) is 8.70. The highest BCUT2D eigenvalue weighted by atomic mass is 127. The molecule has 0 aliphatic heterocycles. The number of benzene rings is 1. The van der Waals surface area contributed by atoms with Gasteiger partial charge in [-0.1, -0.05) is 49.2 Å². The van der Waals surface area contributed by atoms with Crippen molar-refractivity contribution in [2.24, 2.45) is 4.99 Å². The number of hydrogen-bond donors (Lipinski definition) is 2. The zero-order chi connectivity index (χ0) is 17.3. The van der Waals surface area contributed by atoms with E-state index in [9.17, 15) is 0 Å². The number of hydrogen-bond acceptors (Lipinski definition) is 3. The Balaban J connectivity index is 0.00000243. The number of aromatic nitrogens is 1. The molecule has 1 aliphatic rings. The Kier molecular flexibility index (Phi) is 8.67. The van der Waals surface area contributed by atoms with Crippen molar-refractivity contribution >= 4 is 29.9 Å². The van der Waals surface area contributed by atoms with Crippen molar-refractivity contribution in [1.82, 2.24) is 15.6 Å². The van der Waals surface area contributed by atoms with E-state index in [1.54, 1.807) is 13.2 Å². The first-order chi connectivity index (χ1) is 12.3. The average Bonchev–Trinajstić information content (AvgIpc) is 3.18. The summed E-state index contributed by atoms with van der Waals surface area (Å²) in [6, 6.07) is 14.6. The minimum atomic E-state index is 0. The lowest BCUT2D eigenvalue weighted by molar-refractivity contribution is 0.290. The van der Waals surface area contributed by atoms with Gasteiger partial charge in [0, 0.05) is 31.4 Å². The van der Waals surface area contributed by atoms with Crippen molar-refractivity contribution in [3.8, 4) is 5.88 Å². The smallest absolute Gasteiger partial charge is 0.218 e. The van der Waals surface area contributed by atoms with Crippen molar-refractivity contribution in [3.05, 3.63) is 59.8 Å². The van der Waals surface area contributed by atoms with Gasteiger partial charge in [-0.05, 0) is 24.5 Å². The first-order valence-corrected chi connectivity index (χ1v) is 8.93. The number of pyridine rings is 1. The zero-order valence-corrected chi connectivity index (χ0v) is 17.5. The number of rotatable bonds is 6. The van der Waals surface area contributed by atoms with Crippen molar-refractivity contribution < 1.29 is 4.74 Å². The Bertz CT molecular complexity index is 687. The van der Waals surface area contributed by atoms with Crippen LogP contribution in [0.3, 0.4) is 0 Å². The summed E-state index contributed by atoms with van der Waals surface area (Å²) in [6.07, 6.45) is 6.80. The van der Waals surface area contributed by atoms with E-state index in [2.05, 4.69) is 20.6 Å². The Hall–Kier alpha value is -1.83. The second-order valence-electron chi connectivity index (χ2n) is 6.29. The summed E-state index contributed by atoms with van der Waals surface area (Å²) in [5.41, 5.74) is 2.15. The molecule has 2 aromatic rings. The summed E-state index contributed by atoms with van der Waals surface area (Å²) in [5, 5.41) is 6.86. The van der Waals surface area contributed by atoms with Crippen LogP contribution >= 0.6 is 24.0 Å². The Labute approximate surface area is 172 Å². The van der Waals surface area contributed by atoms with Crippen LogP contribution in [0.15, 0.2) is 53.7 Å². The second kappa shape index (κ2) is 11.0. The maximum atomic E-state index is 5.91. The van der Waals surface area contributed by atoms with Crippen LogP contribution < -0.4 is 15.4 Å². The number of nitrogens with zero attached hydrogens (tertiary/aromatic N) is 2. The minimum absolute atomic E-state index is 0. The second-order valence-corrected chi connectivity index (χ2v) is 6.29. The van der Waals surface area contributed by atoms with E-state index in [0.717, 1.165) is 17.1 Å². The fourth-order valence-electron chi connectivity index (χ4n) is 3.05. The predicted molar refractivity (Wildman–Crippen MR) is 116 cm³/mol. The number of nitrogens with one attached hydrogen (secondary N) is 2. The molecule has 0 spiro atoms. The van der Waals surface area contributed by atoms with E-state index in [-0.39, 0.29) is 24.0 Å². The quantitative estimate of drug-likeness (QED) is 0.386. The van der Waals surface area contributed by atoms with Crippen molar-refractivity contribution in [2.45, 2.75) is 44.9 Å². The topological polar surface area (TPSA) is 58.5 Å². The van der Waals surface area contributed by atoms with Crippen LogP contribution in [0.4, 0.5) is 0 Å². The standard InChI is InChI=1S/C20H26N4O.HI/c1-21-20(24-18-11-5-6-12-18)23-14-17-10-7-13-22-19(17)25-15-16-8-3-2-4-9-16;/h2-4,7-10,13,18H,5-6,11-12,14-15H2,1H3,(H2,21,23,24);1H. The number of ether oxygens (including phenoxy) is 1. The fourth-order valence-corrected chi connectivity index (χ4v) is 3.05. The number of halogens is 1. The molecule has 1 aromatic heterocycles. The maximum Gasteiger partial charge on any atom is 0.218 e. The van der Waals surface area contributed by atoms with Crippen LogP contribution in [-0.4, -0.2) is 24.0 Å². The molecular formula is C20H27IN4O. The van der Waals surface area contributed by atoms with E-state index in [0.29, 0.717) is 25.1 Å². The van der Waals surface area contributed by atoms with Crippen molar-refractivity contribution in [3.63, 3.8) is 0 Å². The summed E-state index contributed by atoms with van der Waals surface area (Å²) in [5.74, 6) is 1.50. The third kappa shape index (κ3) is 6.16. The molecule has 0 atom stereocenters. The molecule has 140 valence electrons.